The molecular weight excluding hydrogens is 182 g/mol. The standard InChI is InChI=1S/C9H13N3O2/c1-3-4-10-9(13)7-5-8(14-2)12-6-11-7/h5-6H,3-4H2,1-2H3,(H,10,13). The van der Waals surface area contributed by atoms with Gasteiger partial charge in [-0.15, -0.1) is 0 Å². The molecule has 5 nitrogen and oxygen atoms in total. The van der Waals surface area contributed by atoms with Gasteiger partial charge >= 0.3 is 0 Å². The number of amides is 1. The molecule has 0 aliphatic carbocycles. The van der Waals surface area contributed by atoms with Crippen molar-refractivity contribution in [1.29, 1.82) is 0 Å². The van der Waals surface area contributed by atoms with Crippen LogP contribution in [0, 0.1) is 0 Å². The van der Waals surface area contributed by atoms with Crippen LogP contribution < -0.4 is 10.1 Å². The van der Waals surface area contributed by atoms with Crippen molar-refractivity contribution in [1.82, 2.24) is 15.3 Å². The minimum Gasteiger partial charge on any atom is -0.481 e. The van der Waals surface area contributed by atoms with E-state index in [-0.39, 0.29) is 5.91 Å². The molecule has 14 heavy (non-hydrogen) atoms. The average Bonchev–Trinajstić information content (AvgIpc) is 2.26. The normalized spacial score (nSPS) is 9.57. The van der Waals surface area contributed by atoms with Gasteiger partial charge in [-0.25, -0.2) is 9.97 Å². The van der Waals surface area contributed by atoms with Crippen molar-refractivity contribution < 1.29 is 9.53 Å². The summed E-state index contributed by atoms with van der Waals surface area (Å²) in [5.74, 6) is 0.189. The van der Waals surface area contributed by atoms with Crippen LogP contribution in [0.3, 0.4) is 0 Å². The molecule has 5 heteroatoms. The summed E-state index contributed by atoms with van der Waals surface area (Å²) in [4.78, 5) is 19.1. The van der Waals surface area contributed by atoms with E-state index in [0.717, 1.165) is 6.42 Å². The zero-order valence-corrected chi connectivity index (χ0v) is 8.28. The summed E-state index contributed by atoms with van der Waals surface area (Å²) in [6.45, 7) is 2.63. The van der Waals surface area contributed by atoms with E-state index in [9.17, 15) is 4.79 Å². The van der Waals surface area contributed by atoms with Crippen molar-refractivity contribution >= 4 is 5.91 Å². The van der Waals surface area contributed by atoms with Gasteiger partial charge in [0.25, 0.3) is 5.91 Å². The van der Waals surface area contributed by atoms with Crippen molar-refractivity contribution in [3.63, 3.8) is 0 Å². The Hall–Kier alpha value is -1.65. The summed E-state index contributed by atoms with van der Waals surface area (Å²) in [6, 6.07) is 1.50. The molecule has 0 fully saturated rings. The van der Waals surface area contributed by atoms with Crippen LogP contribution in [0.2, 0.25) is 0 Å². The van der Waals surface area contributed by atoms with Crippen LogP contribution in [0.4, 0.5) is 0 Å². The van der Waals surface area contributed by atoms with E-state index in [1.54, 1.807) is 0 Å². The van der Waals surface area contributed by atoms with Crippen molar-refractivity contribution in [2.45, 2.75) is 13.3 Å². The maximum Gasteiger partial charge on any atom is 0.270 e. The predicted molar refractivity (Wildman–Crippen MR) is 51.2 cm³/mol. The zero-order valence-electron chi connectivity index (χ0n) is 8.28. The first-order valence-electron chi connectivity index (χ1n) is 4.42. The second-order valence-corrected chi connectivity index (χ2v) is 2.70. The van der Waals surface area contributed by atoms with Crippen LogP contribution in [-0.4, -0.2) is 29.5 Å². The van der Waals surface area contributed by atoms with Gasteiger partial charge in [-0.2, -0.15) is 0 Å². The molecule has 1 amide bonds. The zero-order chi connectivity index (χ0) is 10.4. The van der Waals surface area contributed by atoms with E-state index < -0.39 is 0 Å². The molecule has 1 aromatic heterocycles. The van der Waals surface area contributed by atoms with E-state index in [1.807, 2.05) is 6.92 Å². The maximum absolute atomic E-state index is 11.4. The highest BCUT2D eigenvalue weighted by atomic mass is 16.5. The molecule has 1 rings (SSSR count). The molecule has 0 aromatic carbocycles. The van der Waals surface area contributed by atoms with Gasteiger partial charge < -0.3 is 10.1 Å². The summed E-state index contributed by atoms with van der Waals surface area (Å²) < 4.78 is 4.88. The highest BCUT2D eigenvalue weighted by Crippen LogP contribution is 2.05. The number of nitrogens with one attached hydrogen (secondary N) is 1. The monoisotopic (exact) mass is 195 g/mol. The molecule has 0 unspecified atom stereocenters. The van der Waals surface area contributed by atoms with E-state index in [0.29, 0.717) is 18.1 Å². The first-order chi connectivity index (χ1) is 6.77. The minimum atomic E-state index is -0.201. The molecule has 0 bridgehead atoms. The lowest BCUT2D eigenvalue weighted by atomic mass is 10.3. The average molecular weight is 195 g/mol. The lowest BCUT2D eigenvalue weighted by Gasteiger charge is -2.03. The maximum atomic E-state index is 11.4. The minimum absolute atomic E-state index is 0.201. The van der Waals surface area contributed by atoms with E-state index in [1.165, 1.54) is 19.5 Å². The summed E-state index contributed by atoms with van der Waals surface area (Å²) >= 11 is 0. The Morgan fingerprint density at radius 1 is 1.57 bits per heavy atom. The number of hydrogen-bond acceptors (Lipinski definition) is 4. The van der Waals surface area contributed by atoms with Crippen molar-refractivity contribution in [3.05, 3.63) is 18.1 Å². The van der Waals surface area contributed by atoms with E-state index >= 15 is 0 Å². The summed E-state index contributed by atoms with van der Waals surface area (Å²) in [5.41, 5.74) is 0.324. The van der Waals surface area contributed by atoms with Crippen LogP contribution in [0.5, 0.6) is 5.88 Å². The summed E-state index contributed by atoms with van der Waals surface area (Å²) in [5, 5.41) is 2.72. The third kappa shape index (κ3) is 2.69. The second kappa shape index (κ2) is 5.16. The fraction of sp³-hybridized carbons (Fsp3) is 0.444. The highest BCUT2D eigenvalue weighted by molar-refractivity contribution is 5.92. The summed E-state index contributed by atoms with van der Waals surface area (Å²) in [6.07, 6.45) is 2.20. The molecule has 0 radical (unpaired) electrons. The number of carbonyl (C=O) groups is 1. The van der Waals surface area contributed by atoms with Crippen LogP contribution >= 0.6 is 0 Å². The molecule has 0 saturated carbocycles. The Balaban J connectivity index is 2.69. The van der Waals surface area contributed by atoms with Gasteiger partial charge in [-0.05, 0) is 6.42 Å². The smallest absolute Gasteiger partial charge is 0.270 e. The molecule has 0 spiro atoms. The number of hydrogen-bond donors (Lipinski definition) is 1. The van der Waals surface area contributed by atoms with Crippen LogP contribution in [0.25, 0.3) is 0 Å². The molecular formula is C9H13N3O2. The second-order valence-electron chi connectivity index (χ2n) is 2.70. The fourth-order valence-electron chi connectivity index (χ4n) is 0.904. The molecule has 0 aliphatic heterocycles. The third-order valence-electron chi connectivity index (χ3n) is 1.62. The van der Waals surface area contributed by atoms with Gasteiger partial charge in [-0.3, -0.25) is 4.79 Å². The molecule has 0 aliphatic rings. The molecule has 1 heterocycles. The quantitative estimate of drug-likeness (QED) is 0.765. The lowest BCUT2D eigenvalue weighted by molar-refractivity contribution is 0.0948. The largest absolute Gasteiger partial charge is 0.481 e. The van der Waals surface area contributed by atoms with Gasteiger partial charge in [0.05, 0.1) is 7.11 Å². The number of nitrogens with zero attached hydrogens (tertiary/aromatic N) is 2. The van der Waals surface area contributed by atoms with Crippen LogP contribution in [-0.2, 0) is 0 Å². The number of rotatable bonds is 4. The Bertz CT molecular complexity index is 315. The summed E-state index contributed by atoms with van der Waals surface area (Å²) in [7, 11) is 1.50. The van der Waals surface area contributed by atoms with Crippen molar-refractivity contribution in [3.8, 4) is 5.88 Å². The first kappa shape index (κ1) is 10.4. The number of carbonyl (C=O) groups excluding carboxylic acids is 1. The van der Waals surface area contributed by atoms with Gasteiger partial charge in [0.1, 0.15) is 12.0 Å². The highest BCUT2D eigenvalue weighted by Gasteiger charge is 2.07. The molecule has 0 saturated heterocycles. The fourth-order valence-corrected chi connectivity index (χ4v) is 0.904. The Morgan fingerprint density at radius 2 is 2.36 bits per heavy atom. The van der Waals surface area contributed by atoms with Gasteiger partial charge in [0, 0.05) is 12.6 Å². The van der Waals surface area contributed by atoms with Crippen molar-refractivity contribution in [2.75, 3.05) is 13.7 Å². The van der Waals surface area contributed by atoms with Crippen molar-refractivity contribution in [2.24, 2.45) is 0 Å². The van der Waals surface area contributed by atoms with E-state index in [2.05, 4.69) is 15.3 Å². The number of aromatic nitrogens is 2. The Kier molecular flexibility index (Phi) is 3.84. The first-order valence-corrected chi connectivity index (χ1v) is 4.42. The molecule has 0 atom stereocenters. The van der Waals surface area contributed by atoms with Gasteiger partial charge in [-0.1, -0.05) is 6.92 Å². The third-order valence-corrected chi connectivity index (χ3v) is 1.62. The Morgan fingerprint density at radius 3 is 3.00 bits per heavy atom. The van der Waals surface area contributed by atoms with E-state index in [4.69, 9.17) is 4.74 Å². The topological polar surface area (TPSA) is 64.1 Å². The molecule has 76 valence electrons. The van der Waals surface area contributed by atoms with Gasteiger partial charge in [0.15, 0.2) is 0 Å². The van der Waals surface area contributed by atoms with Crippen LogP contribution in [0.1, 0.15) is 23.8 Å². The lowest BCUT2D eigenvalue weighted by Crippen LogP contribution is -2.24. The molecule has 1 N–H and O–H groups in total. The van der Waals surface area contributed by atoms with Crippen LogP contribution in [0.15, 0.2) is 12.4 Å². The Labute approximate surface area is 82.5 Å². The van der Waals surface area contributed by atoms with Gasteiger partial charge in [0.2, 0.25) is 5.88 Å². The predicted octanol–water partition coefficient (Wildman–Crippen LogP) is 0.625. The molecule has 1 aromatic rings. The number of ether oxygens (including phenoxy) is 1. The number of methoxy groups -OCH3 is 1. The SMILES string of the molecule is CCCNC(=O)c1cc(OC)ncn1.